The van der Waals surface area contributed by atoms with Crippen LogP contribution >= 0.6 is 0 Å². The smallest absolute Gasteiger partial charge is 0.323 e. The Bertz CT molecular complexity index is 524. The number of hydrogen-bond acceptors (Lipinski definition) is 7. The summed E-state index contributed by atoms with van der Waals surface area (Å²) in [6, 6.07) is 1.65. The van der Waals surface area contributed by atoms with Gasteiger partial charge in [-0.2, -0.15) is 9.97 Å². The van der Waals surface area contributed by atoms with Crippen molar-refractivity contribution in [2.45, 2.75) is 25.9 Å². The van der Waals surface area contributed by atoms with Crippen LogP contribution < -0.4 is 14.2 Å². The van der Waals surface area contributed by atoms with E-state index in [2.05, 4.69) is 9.97 Å². The summed E-state index contributed by atoms with van der Waals surface area (Å²) >= 11 is 0. The SMILES string of the molecule is CCOC(=O)C1CCC=CC1Oc1nc(OC)cc(OC)n1. The van der Waals surface area contributed by atoms with Crippen molar-refractivity contribution in [1.82, 2.24) is 9.97 Å². The van der Waals surface area contributed by atoms with Crippen molar-refractivity contribution in [2.24, 2.45) is 5.92 Å². The molecule has 7 heteroatoms. The lowest BCUT2D eigenvalue weighted by atomic mass is 9.91. The number of hydrogen-bond donors (Lipinski definition) is 0. The number of nitrogens with zero attached hydrogens (tertiary/aromatic N) is 2. The molecule has 0 aromatic carbocycles. The minimum absolute atomic E-state index is 0.0991. The van der Waals surface area contributed by atoms with Gasteiger partial charge in [-0.05, 0) is 25.8 Å². The van der Waals surface area contributed by atoms with E-state index in [1.165, 1.54) is 14.2 Å². The van der Waals surface area contributed by atoms with Crippen LogP contribution in [0.3, 0.4) is 0 Å². The number of esters is 1. The lowest BCUT2D eigenvalue weighted by Gasteiger charge is -2.25. The fourth-order valence-corrected chi connectivity index (χ4v) is 2.19. The van der Waals surface area contributed by atoms with E-state index in [9.17, 15) is 4.79 Å². The molecule has 0 saturated carbocycles. The van der Waals surface area contributed by atoms with Crippen molar-refractivity contribution in [3.05, 3.63) is 18.2 Å². The standard InChI is InChI=1S/C15H20N2O5/c1-4-21-14(18)10-7-5-6-8-11(10)22-15-16-12(19-2)9-13(17-15)20-3/h6,8-11H,4-5,7H2,1-3H3. The van der Waals surface area contributed by atoms with Gasteiger partial charge in [0.25, 0.3) is 0 Å². The van der Waals surface area contributed by atoms with Gasteiger partial charge < -0.3 is 18.9 Å². The van der Waals surface area contributed by atoms with Crippen LogP contribution in [0.25, 0.3) is 0 Å². The quantitative estimate of drug-likeness (QED) is 0.585. The Labute approximate surface area is 129 Å². The molecule has 0 radical (unpaired) electrons. The van der Waals surface area contributed by atoms with Crippen molar-refractivity contribution in [2.75, 3.05) is 20.8 Å². The minimum Gasteiger partial charge on any atom is -0.481 e. The van der Waals surface area contributed by atoms with Crippen LogP contribution in [-0.2, 0) is 9.53 Å². The third kappa shape index (κ3) is 3.87. The molecule has 0 fully saturated rings. The van der Waals surface area contributed by atoms with Gasteiger partial charge in [0.05, 0.1) is 32.8 Å². The highest BCUT2D eigenvalue weighted by Gasteiger charge is 2.32. The number of carbonyl (C=O) groups is 1. The highest BCUT2D eigenvalue weighted by atomic mass is 16.5. The summed E-state index contributed by atoms with van der Waals surface area (Å²) in [5, 5.41) is 0. The molecular weight excluding hydrogens is 288 g/mol. The topological polar surface area (TPSA) is 79.8 Å². The molecule has 0 bridgehead atoms. The Morgan fingerprint density at radius 1 is 1.27 bits per heavy atom. The molecule has 0 saturated heterocycles. The van der Waals surface area contributed by atoms with Crippen LogP contribution in [0.2, 0.25) is 0 Å². The maximum atomic E-state index is 12.0. The first-order valence-corrected chi connectivity index (χ1v) is 7.15. The Morgan fingerprint density at radius 2 is 1.95 bits per heavy atom. The molecule has 0 N–H and O–H groups in total. The summed E-state index contributed by atoms with van der Waals surface area (Å²) < 4.78 is 21.0. The van der Waals surface area contributed by atoms with Crippen LogP contribution in [-0.4, -0.2) is 42.9 Å². The molecule has 22 heavy (non-hydrogen) atoms. The van der Waals surface area contributed by atoms with Gasteiger partial charge in [0.1, 0.15) is 6.10 Å². The van der Waals surface area contributed by atoms with E-state index in [0.717, 1.165) is 6.42 Å². The lowest BCUT2D eigenvalue weighted by molar-refractivity contribution is -0.151. The normalized spacial score (nSPS) is 20.3. The molecule has 2 atom stereocenters. The average Bonchev–Trinajstić information content (AvgIpc) is 2.55. The third-order valence-corrected chi connectivity index (χ3v) is 3.27. The molecule has 120 valence electrons. The van der Waals surface area contributed by atoms with Gasteiger partial charge in [-0.15, -0.1) is 0 Å². The maximum Gasteiger partial charge on any atom is 0.323 e. The molecule has 1 aliphatic rings. The maximum absolute atomic E-state index is 12.0. The second-order valence-electron chi connectivity index (χ2n) is 4.68. The zero-order chi connectivity index (χ0) is 15.9. The molecular formula is C15H20N2O5. The highest BCUT2D eigenvalue weighted by Crippen LogP contribution is 2.26. The fourth-order valence-electron chi connectivity index (χ4n) is 2.19. The van der Waals surface area contributed by atoms with E-state index in [1.54, 1.807) is 13.0 Å². The van der Waals surface area contributed by atoms with E-state index < -0.39 is 6.10 Å². The van der Waals surface area contributed by atoms with Crippen LogP contribution in [0.4, 0.5) is 0 Å². The molecule has 2 rings (SSSR count). The molecule has 0 aliphatic heterocycles. The number of allylic oxidation sites excluding steroid dienone is 1. The zero-order valence-electron chi connectivity index (χ0n) is 12.9. The average molecular weight is 308 g/mol. The summed E-state index contributed by atoms with van der Waals surface area (Å²) in [7, 11) is 2.99. The van der Waals surface area contributed by atoms with Crippen molar-refractivity contribution in [3.63, 3.8) is 0 Å². The minimum atomic E-state index is -0.468. The molecule has 1 heterocycles. The Kier molecular flexibility index (Phi) is 5.57. The molecule has 0 spiro atoms. The number of ether oxygens (including phenoxy) is 4. The van der Waals surface area contributed by atoms with Gasteiger partial charge in [0, 0.05) is 0 Å². The van der Waals surface area contributed by atoms with Gasteiger partial charge in [0.2, 0.25) is 11.8 Å². The predicted octanol–water partition coefficient (Wildman–Crippen LogP) is 1.77. The molecule has 1 aromatic rings. The molecule has 2 unspecified atom stereocenters. The summed E-state index contributed by atoms with van der Waals surface area (Å²) in [6.07, 6.45) is 4.81. The Hall–Kier alpha value is -2.31. The van der Waals surface area contributed by atoms with Gasteiger partial charge >= 0.3 is 12.0 Å². The Morgan fingerprint density at radius 3 is 2.55 bits per heavy atom. The monoisotopic (exact) mass is 308 g/mol. The van der Waals surface area contributed by atoms with Gasteiger partial charge in [-0.3, -0.25) is 4.79 Å². The van der Waals surface area contributed by atoms with Gasteiger partial charge in [-0.25, -0.2) is 0 Å². The van der Waals surface area contributed by atoms with Crippen LogP contribution in [0.5, 0.6) is 17.8 Å². The Balaban J connectivity index is 2.18. The zero-order valence-corrected chi connectivity index (χ0v) is 12.9. The van der Waals surface area contributed by atoms with E-state index in [1.807, 2.05) is 12.2 Å². The van der Waals surface area contributed by atoms with Gasteiger partial charge in [0.15, 0.2) is 0 Å². The third-order valence-electron chi connectivity index (χ3n) is 3.27. The van der Waals surface area contributed by atoms with Crippen LogP contribution in [0.1, 0.15) is 19.8 Å². The molecule has 7 nitrogen and oxygen atoms in total. The van der Waals surface area contributed by atoms with Crippen molar-refractivity contribution in [1.29, 1.82) is 0 Å². The summed E-state index contributed by atoms with van der Waals surface area (Å²) in [5.74, 6) is 0.0149. The van der Waals surface area contributed by atoms with E-state index in [4.69, 9.17) is 18.9 Å². The summed E-state index contributed by atoms with van der Waals surface area (Å²) in [5.41, 5.74) is 0. The summed E-state index contributed by atoms with van der Waals surface area (Å²) in [4.78, 5) is 20.2. The fraction of sp³-hybridized carbons (Fsp3) is 0.533. The second kappa shape index (κ2) is 7.63. The first-order valence-electron chi connectivity index (χ1n) is 7.15. The van der Waals surface area contributed by atoms with Crippen molar-refractivity contribution >= 4 is 5.97 Å². The number of carbonyl (C=O) groups excluding carboxylic acids is 1. The number of aromatic nitrogens is 2. The van der Waals surface area contributed by atoms with E-state index in [0.29, 0.717) is 24.8 Å². The number of methoxy groups -OCH3 is 2. The van der Waals surface area contributed by atoms with E-state index >= 15 is 0 Å². The predicted molar refractivity (Wildman–Crippen MR) is 78.0 cm³/mol. The lowest BCUT2D eigenvalue weighted by Crippen LogP contribution is -2.35. The molecule has 1 aliphatic carbocycles. The second-order valence-corrected chi connectivity index (χ2v) is 4.68. The first-order chi connectivity index (χ1) is 10.7. The van der Waals surface area contributed by atoms with E-state index in [-0.39, 0.29) is 17.9 Å². The largest absolute Gasteiger partial charge is 0.481 e. The highest BCUT2D eigenvalue weighted by molar-refractivity contribution is 5.73. The molecule has 0 amide bonds. The van der Waals surface area contributed by atoms with Crippen molar-refractivity contribution in [3.8, 4) is 17.8 Å². The van der Waals surface area contributed by atoms with Crippen molar-refractivity contribution < 1.29 is 23.7 Å². The molecule has 1 aromatic heterocycles. The first kappa shape index (κ1) is 16.1. The summed E-state index contributed by atoms with van der Waals surface area (Å²) in [6.45, 7) is 2.12. The van der Waals surface area contributed by atoms with Crippen LogP contribution in [0.15, 0.2) is 18.2 Å². The van der Waals surface area contributed by atoms with Crippen LogP contribution in [0, 0.1) is 5.92 Å². The number of rotatable bonds is 6. The van der Waals surface area contributed by atoms with Gasteiger partial charge in [-0.1, -0.05) is 6.08 Å².